The molecule has 3 rings (SSSR count). The molecule has 0 aliphatic carbocycles. The number of hydrogen-bond acceptors (Lipinski definition) is 3. The molecule has 0 unspecified atom stereocenters. The topological polar surface area (TPSA) is 93.3 Å². The monoisotopic (exact) mass is 381 g/mol. The van der Waals surface area contributed by atoms with Crippen molar-refractivity contribution in [2.45, 2.75) is 39.3 Å². The number of carboxylic acids is 1. The second-order valence-corrected chi connectivity index (χ2v) is 6.64. The van der Waals surface area contributed by atoms with E-state index in [2.05, 4.69) is 5.32 Å². The number of carbonyl (C=O) groups is 2. The second kappa shape index (κ2) is 8.56. The van der Waals surface area contributed by atoms with Gasteiger partial charge in [-0.15, -0.1) is 0 Å². The number of hydrogen-bond donors (Lipinski definition) is 2. The minimum atomic E-state index is -0.899. The van der Waals surface area contributed by atoms with E-state index in [9.17, 15) is 14.4 Å². The molecule has 28 heavy (non-hydrogen) atoms. The number of imidazole rings is 1. The molecule has 1 amide bonds. The van der Waals surface area contributed by atoms with Gasteiger partial charge in [0.05, 0.1) is 17.5 Å². The number of rotatable bonds is 8. The predicted octanol–water partition coefficient (Wildman–Crippen LogP) is 2.87. The van der Waals surface area contributed by atoms with Gasteiger partial charge in [0.15, 0.2) is 0 Å². The number of aryl methyl sites for hydroxylation is 2. The third-order valence-electron chi connectivity index (χ3n) is 4.53. The minimum Gasteiger partial charge on any atom is -0.481 e. The molecule has 0 saturated heterocycles. The van der Waals surface area contributed by atoms with Gasteiger partial charge in [-0.1, -0.05) is 31.2 Å². The second-order valence-electron chi connectivity index (χ2n) is 6.64. The molecule has 0 bridgehead atoms. The van der Waals surface area contributed by atoms with Crippen molar-refractivity contribution in [1.82, 2.24) is 9.13 Å². The molecule has 0 saturated carbocycles. The lowest BCUT2D eigenvalue weighted by molar-refractivity contribution is -0.136. The van der Waals surface area contributed by atoms with Crippen LogP contribution in [0.1, 0.15) is 25.3 Å². The summed E-state index contributed by atoms with van der Waals surface area (Å²) in [5.74, 6) is -1.10. The van der Waals surface area contributed by atoms with Crippen LogP contribution in [0.15, 0.2) is 53.3 Å². The van der Waals surface area contributed by atoms with Crippen molar-refractivity contribution in [1.29, 1.82) is 0 Å². The molecule has 1 aromatic heterocycles. The summed E-state index contributed by atoms with van der Waals surface area (Å²) in [6.45, 7) is 2.95. The first-order chi connectivity index (χ1) is 13.5. The molecule has 146 valence electrons. The van der Waals surface area contributed by atoms with E-state index in [1.54, 1.807) is 33.4 Å². The lowest BCUT2D eigenvalue weighted by Gasteiger charge is -2.07. The Balaban J connectivity index is 1.69. The van der Waals surface area contributed by atoms with Crippen LogP contribution in [0.3, 0.4) is 0 Å². The Hall–Kier alpha value is -3.35. The van der Waals surface area contributed by atoms with Crippen molar-refractivity contribution >= 4 is 28.6 Å². The van der Waals surface area contributed by atoms with E-state index >= 15 is 0 Å². The standard InChI is InChI=1S/C21H23N3O4/c1-2-12-23-17-5-3-4-6-18(17)24(21(23)28)13-11-19(25)22-16-9-7-15(8-10-16)14-20(26)27/h3-10H,2,11-14H2,1H3,(H,22,25)(H,26,27). The van der Waals surface area contributed by atoms with Gasteiger partial charge in [-0.2, -0.15) is 0 Å². The smallest absolute Gasteiger partial charge is 0.329 e. The zero-order valence-corrected chi connectivity index (χ0v) is 15.7. The molecule has 1 heterocycles. The van der Waals surface area contributed by atoms with Crippen LogP contribution in [0.25, 0.3) is 11.0 Å². The van der Waals surface area contributed by atoms with Gasteiger partial charge < -0.3 is 10.4 Å². The number of aromatic nitrogens is 2. The van der Waals surface area contributed by atoms with Gasteiger partial charge in [0.1, 0.15) is 0 Å². The molecule has 0 atom stereocenters. The summed E-state index contributed by atoms with van der Waals surface area (Å²) in [6, 6.07) is 14.3. The lowest BCUT2D eigenvalue weighted by atomic mass is 10.1. The van der Waals surface area contributed by atoms with E-state index in [4.69, 9.17) is 5.11 Å². The highest BCUT2D eigenvalue weighted by molar-refractivity contribution is 5.90. The summed E-state index contributed by atoms with van der Waals surface area (Å²) in [7, 11) is 0. The van der Waals surface area contributed by atoms with Crippen molar-refractivity contribution in [2.24, 2.45) is 0 Å². The van der Waals surface area contributed by atoms with Gasteiger partial charge in [-0.05, 0) is 36.2 Å². The molecule has 0 spiro atoms. The maximum Gasteiger partial charge on any atom is 0.329 e. The molecule has 3 aromatic rings. The van der Waals surface area contributed by atoms with Gasteiger partial charge in [-0.3, -0.25) is 18.7 Å². The SMILES string of the molecule is CCCn1c(=O)n(CCC(=O)Nc2ccc(CC(=O)O)cc2)c2ccccc21. The molecule has 7 nitrogen and oxygen atoms in total. The van der Waals surface area contributed by atoms with Crippen LogP contribution in [0, 0.1) is 0 Å². The van der Waals surface area contributed by atoms with Gasteiger partial charge in [0.2, 0.25) is 5.91 Å². The summed E-state index contributed by atoms with van der Waals surface area (Å²) in [6.07, 6.45) is 0.960. The van der Waals surface area contributed by atoms with E-state index in [0.717, 1.165) is 17.5 Å². The van der Waals surface area contributed by atoms with Crippen LogP contribution in [0.2, 0.25) is 0 Å². The number of aliphatic carboxylic acids is 1. The quantitative estimate of drug-likeness (QED) is 0.627. The Bertz CT molecular complexity index is 1050. The van der Waals surface area contributed by atoms with E-state index < -0.39 is 5.97 Å². The number of nitrogens with one attached hydrogen (secondary N) is 1. The van der Waals surface area contributed by atoms with Crippen LogP contribution in [-0.4, -0.2) is 26.1 Å². The normalized spacial score (nSPS) is 10.9. The van der Waals surface area contributed by atoms with Gasteiger partial charge in [0, 0.05) is 25.2 Å². The summed E-state index contributed by atoms with van der Waals surface area (Å²) in [5, 5.41) is 11.6. The van der Waals surface area contributed by atoms with Crippen LogP contribution < -0.4 is 11.0 Å². The Morgan fingerprint density at radius 3 is 2.14 bits per heavy atom. The Labute approximate surface area is 162 Å². The van der Waals surface area contributed by atoms with Gasteiger partial charge in [-0.25, -0.2) is 4.79 Å². The van der Waals surface area contributed by atoms with Crippen LogP contribution >= 0.6 is 0 Å². The summed E-state index contributed by atoms with van der Waals surface area (Å²) in [4.78, 5) is 35.7. The number of fused-ring (bicyclic) bond motifs is 1. The van der Waals surface area contributed by atoms with Crippen molar-refractivity contribution in [3.8, 4) is 0 Å². The van der Waals surface area contributed by atoms with E-state index in [1.165, 1.54) is 0 Å². The van der Waals surface area contributed by atoms with Crippen LogP contribution in [0.4, 0.5) is 5.69 Å². The molecular formula is C21H23N3O4. The van der Waals surface area contributed by atoms with Crippen molar-refractivity contribution < 1.29 is 14.7 Å². The fourth-order valence-corrected chi connectivity index (χ4v) is 3.25. The van der Waals surface area contributed by atoms with Crippen LogP contribution in [0.5, 0.6) is 0 Å². The molecule has 2 aromatic carbocycles. The van der Waals surface area contributed by atoms with Crippen molar-refractivity contribution in [3.05, 3.63) is 64.6 Å². The molecular weight excluding hydrogens is 358 g/mol. The Morgan fingerprint density at radius 2 is 1.57 bits per heavy atom. The van der Waals surface area contributed by atoms with E-state index in [0.29, 0.717) is 24.3 Å². The highest BCUT2D eigenvalue weighted by Gasteiger charge is 2.13. The van der Waals surface area contributed by atoms with Crippen molar-refractivity contribution in [2.75, 3.05) is 5.32 Å². The van der Waals surface area contributed by atoms with Crippen LogP contribution in [-0.2, 0) is 29.1 Å². The van der Waals surface area contributed by atoms with E-state index in [-0.39, 0.29) is 24.4 Å². The van der Waals surface area contributed by atoms with Crippen molar-refractivity contribution in [3.63, 3.8) is 0 Å². The summed E-state index contributed by atoms with van der Waals surface area (Å²) < 4.78 is 3.38. The highest BCUT2D eigenvalue weighted by Crippen LogP contribution is 2.14. The number of nitrogens with zero attached hydrogens (tertiary/aromatic N) is 2. The fourth-order valence-electron chi connectivity index (χ4n) is 3.25. The summed E-state index contributed by atoms with van der Waals surface area (Å²) in [5.41, 5.74) is 2.87. The highest BCUT2D eigenvalue weighted by atomic mass is 16.4. The lowest BCUT2D eigenvalue weighted by Crippen LogP contribution is -2.26. The molecule has 0 aliphatic rings. The average molecular weight is 381 g/mol. The number of anilines is 1. The minimum absolute atomic E-state index is 0.0566. The molecule has 0 radical (unpaired) electrons. The first-order valence-corrected chi connectivity index (χ1v) is 9.28. The number of para-hydroxylation sites is 2. The fraction of sp³-hybridized carbons (Fsp3) is 0.286. The zero-order chi connectivity index (χ0) is 20.1. The molecule has 7 heteroatoms. The maximum atomic E-state index is 12.7. The van der Waals surface area contributed by atoms with Gasteiger partial charge >= 0.3 is 11.7 Å². The first-order valence-electron chi connectivity index (χ1n) is 9.28. The van der Waals surface area contributed by atoms with E-state index in [1.807, 2.05) is 31.2 Å². The third kappa shape index (κ3) is 4.31. The first kappa shape index (κ1) is 19.4. The maximum absolute atomic E-state index is 12.7. The summed E-state index contributed by atoms with van der Waals surface area (Å²) >= 11 is 0. The molecule has 0 fully saturated rings. The number of amides is 1. The number of carbonyl (C=O) groups excluding carboxylic acids is 1. The Morgan fingerprint density at radius 1 is 0.964 bits per heavy atom. The number of benzene rings is 2. The Kier molecular flexibility index (Phi) is 5.93. The van der Waals surface area contributed by atoms with Gasteiger partial charge in [0.25, 0.3) is 0 Å². The largest absolute Gasteiger partial charge is 0.481 e. The molecule has 0 aliphatic heterocycles. The third-order valence-corrected chi connectivity index (χ3v) is 4.53. The molecule has 2 N–H and O–H groups in total. The zero-order valence-electron chi connectivity index (χ0n) is 15.7. The predicted molar refractivity (Wildman–Crippen MR) is 108 cm³/mol. The number of carboxylic acid groups (broad SMARTS) is 1. The average Bonchev–Trinajstić information content (AvgIpc) is 2.93.